The van der Waals surface area contributed by atoms with E-state index in [0.29, 0.717) is 11.6 Å². The molecular weight excluding hydrogens is 315 g/mol. The molecule has 1 heterocycles. The highest BCUT2D eigenvalue weighted by Crippen LogP contribution is 2.34. The van der Waals surface area contributed by atoms with Crippen LogP contribution in [0.25, 0.3) is 5.69 Å². The summed E-state index contributed by atoms with van der Waals surface area (Å²) in [5.74, 6) is 1.08. The molecule has 0 saturated heterocycles. The molecule has 0 fully saturated rings. The van der Waals surface area contributed by atoms with Crippen molar-refractivity contribution in [2.24, 2.45) is 0 Å². The molecule has 0 aliphatic rings. The van der Waals surface area contributed by atoms with Gasteiger partial charge in [0.25, 0.3) is 0 Å². The highest BCUT2D eigenvalue weighted by molar-refractivity contribution is 7.79. The first kappa shape index (κ1) is 18.5. The van der Waals surface area contributed by atoms with Gasteiger partial charge >= 0.3 is 5.69 Å². The molecule has 0 aliphatic carbocycles. The van der Waals surface area contributed by atoms with Crippen LogP contribution in [0.5, 0.6) is 0 Å². The van der Waals surface area contributed by atoms with Gasteiger partial charge in [0.05, 0.1) is 5.69 Å². The van der Waals surface area contributed by atoms with Crippen LogP contribution < -0.4 is 11.4 Å². The number of nitrogens with zero attached hydrogens (tertiary/aromatic N) is 2. The van der Waals surface area contributed by atoms with E-state index in [-0.39, 0.29) is 16.7 Å². The number of thiol groups is 1. The molecule has 122 valence electrons. The zero-order valence-corrected chi connectivity index (χ0v) is 15.6. The van der Waals surface area contributed by atoms with Gasteiger partial charge in [0.2, 0.25) is 0 Å². The third-order valence-electron chi connectivity index (χ3n) is 4.90. The fourth-order valence-electron chi connectivity index (χ4n) is 2.81. The minimum absolute atomic E-state index is 0.0631. The van der Waals surface area contributed by atoms with Crippen LogP contribution in [0.2, 0.25) is 5.82 Å². The first-order valence-corrected chi connectivity index (χ1v) is 8.57. The van der Waals surface area contributed by atoms with Crippen LogP contribution in [-0.2, 0) is 11.0 Å². The third kappa shape index (κ3) is 3.48. The topological polar surface area (TPSA) is 60.9 Å². The van der Waals surface area contributed by atoms with Crippen molar-refractivity contribution < 1.29 is 0 Å². The van der Waals surface area contributed by atoms with Crippen LogP contribution in [0.3, 0.4) is 0 Å². The van der Waals surface area contributed by atoms with E-state index >= 15 is 0 Å². The molecule has 0 bridgehead atoms. The van der Waals surface area contributed by atoms with Gasteiger partial charge in [-0.05, 0) is 24.6 Å². The molecule has 24 heavy (non-hydrogen) atoms. The maximum atomic E-state index is 12.1. The second-order valence-corrected chi connectivity index (χ2v) is 7.11. The molecule has 1 aromatic carbocycles. The minimum atomic E-state index is -0.389. The summed E-state index contributed by atoms with van der Waals surface area (Å²) in [4.78, 5) is 15.9. The van der Waals surface area contributed by atoms with E-state index in [4.69, 9.17) is 5.73 Å². The van der Waals surface area contributed by atoms with E-state index in [1.807, 2.05) is 6.07 Å². The molecular formula is C16H22B3N3OS. The molecule has 1 unspecified atom stereocenters. The van der Waals surface area contributed by atoms with Crippen molar-refractivity contribution in [1.82, 2.24) is 9.55 Å². The molecule has 4 nitrogen and oxygen atoms in total. The second-order valence-electron chi connectivity index (χ2n) is 6.80. The van der Waals surface area contributed by atoms with E-state index in [2.05, 4.69) is 66.8 Å². The van der Waals surface area contributed by atoms with Crippen molar-refractivity contribution in [3.8, 4) is 5.69 Å². The number of aromatic nitrogens is 2. The number of anilines is 1. The number of hydrogen-bond acceptors (Lipinski definition) is 4. The lowest BCUT2D eigenvalue weighted by Gasteiger charge is -2.34. The maximum Gasteiger partial charge on any atom is 0.354 e. The predicted molar refractivity (Wildman–Crippen MR) is 113 cm³/mol. The lowest BCUT2D eigenvalue weighted by Crippen LogP contribution is -2.33. The normalized spacial score (nSPS) is 12.8. The number of allylic oxidation sites excluding steroid dienone is 1. The van der Waals surface area contributed by atoms with Crippen molar-refractivity contribution in [1.29, 1.82) is 0 Å². The summed E-state index contributed by atoms with van der Waals surface area (Å²) in [5.41, 5.74) is 9.29. The number of rotatable bonds is 5. The average molecular weight is 337 g/mol. The van der Waals surface area contributed by atoms with Crippen molar-refractivity contribution in [3.63, 3.8) is 0 Å². The zero-order valence-electron chi connectivity index (χ0n) is 14.7. The summed E-state index contributed by atoms with van der Waals surface area (Å²) in [7, 11) is 6.60. The molecule has 0 spiro atoms. The molecule has 0 aliphatic heterocycles. The van der Waals surface area contributed by atoms with Gasteiger partial charge in [0.1, 0.15) is 29.4 Å². The van der Waals surface area contributed by atoms with Crippen LogP contribution in [-0.4, -0.2) is 33.1 Å². The maximum absolute atomic E-state index is 12.1. The molecule has 0 saturated carbocycles. The second kappa shape index (κ2) is 6.97. The van der Waals surface area contributed by atoms with Gasteiger partial charge in [-0.25, -0.2) is 4.79 Å². The fourth-order valence-corrected chi connectivity index (χ4v) is 3.07. The molecule has 2 rings (SSSR count). The highest BCUT2D eigenvalue weighted by Gasteiger charge is 2.28. The monoisotopic (exact) mass is 337 g/mol. The smallest absolute Gasteiger partial charge is 0.354 e. The summed E-state index contributed by atoms with van der Waals surface area (Å²) >= 11 is 4.44. The lowest BCUT2D eigenvalue weighted by atomic mass is 9.40. The van der Waals surface area contributed by atoms with Gasteiger partial charge in [-0.3, -0.25) is 4.57 Å². The largest absolute Gasteiger partial charge is 0.383 e. The molecule has 8 heteroatoms. The van der Waals surface area contributed by atoms with Gasteiger partial charge in [0.15, 0.2) is 0 Å². The summed E-state index contributed by atoms with van der Waals surface area (Å²) < 4.78 is 1.50. The van der Waals surface area contributed by atoms with Gasteiger partial charge in [-0.15, -0.1) is 6.58 Å². The summed E-state index contributed by atoms with van der Waals surface area (Å²) in [6, 6.07) is 7.74. The van der Waals surface area contributed by atoms with E-state index < -0.39 is 0 Å². The Balaban J connectivity index is 2.56. The Morgan fingerprint density at radius 2 is 2.12 bits per heavy atom. The molecule has 2 aromatic rings. The van der Waals surface area contributed by atoms with Crippen molar-refractivity contribution in [2.45, 2.75) is 23.7 Å². The van der Waals surface area contributed by atoms with Crippen LogP contribution in [0.4, 0.5) is 5.82 Å². The van der Waals surface area contributed by atoms with E-state index in [1.54, 1.807) is 12.3 Å². The van der Waals surface area contributed by atoms with Crippen LogP contribution in [0, 0.1) is 0 Å². The standard InChI is InChI=1S/C16H22B3N3OS/c1-9(2)14(17)16(18,19)11-3-4-12(10(7-11)8-24)22-6-5-13(20)21-15(22)23/h3-7,14,24H,1,8,17-19H2,2H3,(H2,20,21,23). The lowest BCUT2D eigenvalue weighted by molar-refractivity contribution is 0.816. The van der Waals surface area contributed by atoms with Gasteiger partial charge in [0, 0.05) is 11.9 Å². The molecule has 0 amide bonds. The third-order valence-corrected chi connectivity index (χ3v) is 5.24. The molecule has 0 radical (unpaired) electrons. The van der Waals surface area contributed by atoms with Crippen molar-refractivity contribution in [2.75, 3.05) is 5.73 Å². The molecule has 1 aromatic heterocycles. The van der Waals surface area contributed by atoms with Crippen LogP contribution in [0.15, 0.2) is 47.4 Å². The van der Waals surface area contributed by atoms with Crippen molar-refractivity contribution >= 4 is 42.0 Å². The zero-order chi connectivity index (χ0) is 18.1. The Bertz CT molecular complexity index is 836. The SMILES string of the molecule is BC(C(=C)C)C(B)(B)c1ccc(-n2ccc(N)nc2=O)c(CS)c1. The first-order valence-electron chi connectivity index (χ1n) is 7.93. The Morgan fingerprint density at radius 3 is 2.67 bits per heavy atom. The van der Waals surface area contributed by atoms with Gasteiger partial charge in [-0.1, -0.05) is 34.3 Å². The van der Waals surface area contributed by atoms with Crippen LogP contribution >= 0.6 is 12.6 Å². The Labute approximate surface area is 151 Å². The fraction of sp³-hybridized carbons (Fsp3) is 0.250. The van der Waals surface area contributed by atoms with Crippen LogP contribution in [0.1, 0.15) is 18.1 Å². The Hall–Kier alpha value is -1.82. The number of hydrogen-bond donors (Lipinski definition) is 2. The number of nitrogen functional groups attached to an aromatic ring is 1. The average Bonchev–Trinajstić information content (AvgIpc) is 2.53. The van der Waals surface area contributed by atoms with E-state index in [1.165, 1.54) is 10.1 Å². The quantitative estimate of drug-likeness (QED) is 0.446. The van der Waals surface area contributed by atoms with Gasteiger partial charge in [-0.2, -0.15) is 17.6 Å². The number of nitrogens with two attached hydrogens (primary N) is 1. The summed E-state index contributed by atoms with van der Waals surface area (Å²) in [5, 5.41) is -0.0631. The summed E-state index contributed by atoms with van der Waals surface area (Å²) in [6.45, 7) is 6.15. The Morgan fingerprint density at radius 1 is 1.46 bits per heavy atom. The highest BCUT2D eigenvalue weighted by atomic mass is 32.1. The minimum Gasteiger partial charge on any atom is -0.383 e. The molecule has 2 N–H and O–H groups in total. The Kier molecular flexibility index (Phi) is 5.38. The predicted octanol–water partition coefficient (Wildman–Crippen LogP) is -0.339. The van der Waals surface area contributed by atoms with Crippen molar-refractivity contribution in [3.05, 3.63) is 64.2 Å². The van der Waals surface area contributed by atoms with E-state index in [9.17, 15) is 4.79 Å². The first-order chi connectivity index (χ1) is 11.2. The number of benzene rings is 1. The summed E-state index contributed by atoms with van der Waals surface area (Å²) in [6.07, 6.45) is 1.65. The van der Waals surface area contributed by atoms with E-state index in [0.717, 1.165) is 16.8 Å². The molecule has 1 atom stereocenters. The van der Waals surface area contributed by atoms with Gasteiger partial charge < -0.3 is 5.73 Å².